The number of rotatable bonds is 5. The van der Waals surface area contributed by atoms with Crippen LogP contribution in [0.3, 0.4) is 0 Å². The van der Waals surface area contributed by atoms with Crippen molar-refractivity contribution in [3.63, 3.8) is 0 Å². The molecule has 0 aliphatic rings. The van der Waals surface area contributed by atoms with E-state index in [0.717, 1.165) is 34.6 Å². The van der Waals surface area contributed by atoms with Crippen LogP contribution in [0, 0.1) is 0 Å². The first-order valence-corrected chi connectivity index (χ1v) is 7.01. The number of ether oxygens (including phenoxy) is 1. The Morgan fingerprint density at radius 1 is 1.05 bits per heavy atom. The standard InChI is InChI=1S/C17H17N3O/c1-2-18-14-7-9-19-15(10-14)12-21-16-6-5-13-4-3-8-20-17(13)11-16/h3-11H,2,12H2,1H3,(H,18,19). The monoisotopic (exact) mass is 279 g/mol. The van der Waals surface area contributed by atoms with Crippen molar-refractivity contribution in [2.24, 2.45) is 0 Å². The molecular formula is C17H17N3O. The molecule has 3 aromatic rings. The average Bonchev–Trinajstić information content (AvgIpc) is 2.53. The number of fused-ring (bicyclic) bond motifs is 1. The van der Waals surface area contributed by atoms with Gasteiger partial charge in [0.2, 0.25) is 0 Å². The van der Waals surface area contributed by atoms with Crippen molar-refractivity contribution in [1.82, 2.24) is 9.97 Å². The minimum atomic E-state index is 0.442. The molecule has 3 rings (SSSR count). The number of aromatic nitrogens is 2. The summed E-state index contributed by atoms with van der Waals surface area (Å²) in [6.07, 6.45) is 3.58. The molecule has 2 aromatic heterocycles. The van der Waals surface area contributed by atoms with Gasteiger partial charge in [-0.25, -0.2) is 0 Å². The van der Waals surface area contributed by atoms with Crippen LogP contribution < -0.4 is 10.1 Å². The topological polar surface area (TPSA) is 47.0 Å². The highest BCUT2D eigenvalue weighted by atomic mass is 16.5. The second-order valence-electron chi connectivity index (χ2n) is 4.71. The van der Waals surface area contributed by atoms with E-state index < -0.39 is 0 Å². The smallest absolute Gasteiger partial charge is 0.130 e. The van der Waals surface area contributed by atoms with Gasteiger partial charge >= 0.3 is 0 Å². The van der Waals surface area contributed by atoms with Crippen molar-refractivity contribution in [2.45, 2.75) is 13.5 Å². The summed E-state index contributed by atoms with van der Waals surface area (Å²) in [5, 5.41) is 4.37. The van der Waals surface area contributed by atoms with Crippen LogP contribution in [0.5, 0.6) is 5.75 Å². The number of benzene rings is 1. The molecule has 4 nitrogen and oxygen atoms in total. The lowest BCUT2D eigenvalue weighted by Gasteiger charge is -2.08. The Labute approximate surface area is 123 Å². The van der Waals surface area contributed by atoms with E-state index in [-0.39, 0.29) is 0 Å². The van der Waals surface area contributed by atoms with Gasteiger partial charge in [0.05, 0.1) is 11.2 Å². The molecule has 0 unspecified atom stereocenters. The zero-order valence-corrected chi connectivity index (χ0v) is 11.9. The average molecular weight is 279 g/mol. The Kier molecular flexibility index (Phi) is 3.96. The van der Waals surface area contributed by atoms with E-state index in [9.17, 15) is 0 Å². The molecule has 1 aromatic carbocycles. The third-order valence-corrected chi connectivity index (χ3v) is 3.16. The van der Waals surface area contributed by atoms with Crippen molar-refractivity contribution in [1.29, 1.82) is 0 Å². The molecule has 2 heterocycles. The van der Waals surface area contributed by atoms with Crippen LogP contribution >= 0.6 is 0 Å². The maximum atomic E-state index is 5.80. The largest absolute Gasteiger partial charge is 0.487 e. The van der Waals surface area contributed by atoms with Gasteiger partial charge in [0.15, 0.2) is 0 Å². The van der Waals surface area contributed by atoms with Crippen molar-refractivity contribution in [2.75, 3.05) is 11.9 Å². The lowest BCUT2D eigenvalue weighted by atomic mass is 10.2. The lowest BCUT2D eigenvalue weighted by molar-refractivity contribution is 0.302. The summed E-state index contributed by atoms with van der Waals surface area (Å²) < 4.78 is 5.80. The molecule has 0 aliphatic carbocycles. The van der Waals surface area contributed by atoms with Crippen molar-refractivity contribution in [3.8, 4) is 5.75 Å². The van der Waals surface area contributed by atoms with Gasteiger partial charge in [0, 0.05) is 36.1 Å². The van der Waals surface area contributed by atoms with E-state index in [2.05, 4.69) is 22.2 Å². The number of hydrogen-bond acceptors (Lipinski definition) is 4. The second kappa shape index (κ2) is 6.22. The third kappa shape index (κ3) is 3.28. The highest BCUT2D eigenvalue weighted by molar-refractivity contribution is 5.79. The van der Waals surface area contributed by atoms with Gasteiger partial charge in [-0.2, -0.15) is 0 Å². The number of nitrogens with zero attached hydrogens (tertiary/aromatic N) is 2. The quantitative estimate of drug-likeness (QED) is 0.774. The SMILES string of the molecule is CCNc1ccnc(COc2ccc3cccnc3c2)c1. The Morgan fingerprint density at radius 3 is 2.90 bits per heavy atom. The molecule has 4 heteroatoms. The first-order chi connectivity index (χ1) is 10.3. The van der Waals surface area contributed by atoms with Gasteiger partial charge in [-0.05, 0) is 37.3 Å². The zero-order valence-electron chi connectivity index (χ0n) is 11.9. The van der Waals surface area contributed by atoms with Gasteiger partial charge in [-0.1, -0.05) is 6.07 Å². The Morgan fingerprint density at radius 2 is 2.00 bits per heavy atom. The molecule has 0 radical (unpaired) electrons. The van der Waals surface area contributed by atoms with Gasteiger partial charge in [0.1, 0.15) is 12.4 Å². The summed E-state index contributed by atoms with van der Waals surface area (Å²) in [5.74, 6) is 0.803. The van der Waals surface area contributed by atoms with Crippen LogP contribution in [-0.4, -0.2) is 16.5 Å². The van der Waals surface area contributed by atoms with Gasteiger partial charge in [-0.15, -0.1) is 0 Å². The third-order valence-electron chi connectivity index (χ3n) is 3.16. The predicted octanol–water partition coefficient (Wildman–Crippen LogP) is 3.64. The fraction of sp³-hybridized carbons (Fsp3) is 0.176. The molecule has 0 spiro atoms. The number of nitrogens with one attached hydrogen (secondary N) is 1. The lowest BCUT2D eigenvalue weighted by Crippen LogP contribution is -2.01. The number of pyridine rings is 2. The minimum Gasteiger partial charge on any atom is -0.487 e. The van der Waals surface area contributed by atoms with Crippen molar-refractivity contribution in [3.05, 3.63) is 60.6 Å². The predicted molar refractivity (Wildman–Crippen MR) is 84.5 cm³/mol. The van der Waals surface area contributed by atoms with Crippen LogP contribution in [-0.2, 0) is 6.61 Å². The molecule has 0 fully saturated rings. The summed E-state index contributed by atoms with van der Waals surface area (Å²) in [4.78, 5) is 8.65. The van der Waals surface area contributed by atoms with E-state index >= 15 is 0 Å². The molecule has 106 valence electrons. The minimum absolute atomic E-state index is 0.442. The van der Waals surface area contributed by atoms with E-state index in [1.54, 1.807) is 12.4 Å². The highest BCUT2D eigenvalue weighted by Crippen LogP contribution is 2.19. The van der Waals surface area contributed by atoms with Crippen molar-refractivity contribution < 1.29 is 4.74 Å². The molecule has 0 bridgehead atoms. The normalized spacial score (nSPS) is 10.5. The molecular weight excluding hydrogens is 262 g/mol. The van der Waals surface area contributed by atoms with Gasteiger partial charge < -0.3 is 10.1 Å². The van der Waals surface area contributed by atoms with Crippen LogP contribution in [0.15, 0.2) is 54.9 Å². The Balaban J connectivity index is 1.72. The summed E-state index contributed by atoms with van der Waals surface area (Å²) in [5.41, 5.74) is 2.89. The van der Waals surface area contributed by atoms with Gasteiger partial charge in [-0.3, -0.25) is 9.97 Å². The summed E-state index contributed by atoms with van der Waals surface area (Å²) in [6, 6.07) is 13.8. The fourth-order valence-corrected chi connectivity index (χ4v) is 2.16. The maximum Gasteiger partial charge on any atom is 0.130 e. The zero-order chi connectivity index (χ0) is 14.5. The summed E-state index contributed by atoms with van der Waals surface area (Å²) >= 11 is 0. The van der Waals surface area contributed by atoms with Crippen LogP contribution in [0.1, 0.15) is 12.6 Å². The van der Waals surface area contributed by atoms with Crippen molar-refractivity contribution >= 4 is 16.6 Å². The highest BCUT2D eigenvalue weighted by Gasteiger charge is 2.01. The number of hydrogen-bond donors (Lipinski definition) is 1. The molecule has 21 heavy (non-hydrogen) atoms. The molecule has 0 atom stereocenters. The van der Waals surface area contributed by atoms with E-state index in [1.807, 2.05) is 42.5 Å². The molecule has 0 saturated heterocycles. The van der Waals surface area contributed by atoms with Crippen LogP contribution in [0.25, 0.3) is 10.9 Å². The van der Waals surface area contributed by atoms with E-state index in [0.29, 0.717) is 6.61 Å². The van der Waals surface area contributed by atoms with E-state index in [4.69, 9.17) is 4.74 Å². The Hall–Kier alpha value is -2.62. The molecule has 1 N–H and O–H groups in total. The first kappa shape index (κ1) is 13.4. The fourth-order valence-electron chi connectivity index (χ4n) is 2.16. The molecule has 0 amide bonds. The maximum absolute atomic E-state index is 5.80. The first-order valence-electron chi connectivity index (χ1n) is 7.01. The van der Waals surface area contributed by atoms with Crippen LogP contribution in [0.4, 0.5) is 5.69 Å². The van der Waals surface area contributed by atoms with Crippen LogP contribution in [0.2, 0.25) is 0 Å². The van der Waals surface area contributed by atoms with E-state index in [1.165, 1.54) is 0 Å². The van der Waals surface area contributed by atoms with Gasteiger partial charge in [0.25, 0.3) is 0 Å². The molecule has 0 saturated carbocycles. The molecule has 0 aliphatic heterocycles. The summed E-state index contributed by atoms with van der Waals surface area (Å²) in [6.45, 7) is 3.40. The number of anilines is 1. The Bertz CT molecular complexity index is 743. The summed E-state index contributed by atoms with van der Waals surface area (Å²) in [7, 11) is 0. The second-order valence-corrected chi connectivity index (χ2v) is 4.71.